The second kappa shape index (κ2) is 13.2. The predicted molar refractivity (Wildman–Crippen MR) is 98.2 cm³/mol. The average molecular weight is 550 g/mol. The van der Waals surface area contributed by atoms with Crippen LogP contribution in [0.25, 0.3) is 22.3 Å². The van der Waals surface area contributed by atoms with Crippen molar-refractivity contribution >= 4 is 58.1 Å². The Morgan fingerprint density at radius 2 is 0.944 bits per heavy atom. The molecule has 4 heterocycles. The van der Waals surface area contributed by atoms with Gasteiger partial charge in [-0.05, 0) is 0 Å². The summed E-state index contributed by atoms with van der Waals surface area (Å²) in [5.74, 6) is -11.6. The van der Waals surface area contributed by atoms with Gasteiger partial charge in [0.15, 0.2) is 11.3 Å². The Morgan fingerprint density at radius 1 is 0.583 bits per heavy atom. The van der Waals surface area contributed by atoms with Gasteiger partial charge >= 0.3 is 139 Å². The molecule has 174 valence electrons. The van der Waals surface area contributed by atoms with Crippen LogP contribution in [-0.4, -0.2) is 75.2 Å². The predicted octanol–water partition coefficient (Wildman–Crippen LogP) is -9.05. The molecule has 0 N–H and O–H groups in total. The molecule has 4 rings (SSSR count). The number of aromatic nitrogens is 8. The molecule has 0 aliphatic heterocycles. The molecular weight excluding hydrogens is 542 g/mol. The normalized spacial score (nSPS) is 9.89. The molecule has 0 spiro atoms. The first kappa shape index (κ1) is 29.8. The van der Waals surface area contributed by atoms with Crippen LogP contribution < -0.4 is 112 Å². The Labute approximate surface area is 284 Å². The topological polar surface area (TPSA) is 227 Å². The number of nitrogens with zero attached hydrogens (tertiary/aromatic N) is 8. The van der Waals surface area contributed by atoms with E-state index in [-0.39, 0.29) is 128 Å². The van der Waals surface area contributed by atoms with Crippen molar-refractivity contribution < 1.29 is 154 Å². The smallest absolute Gasteiger partial charge is 1.00 e. The minimum atomic E-state index is -2.10. The molecule has 4 aromatic heterocycles. The zero-order valence-electron chi connectivity index (χ0n) is 20.1. The molecule has 36 heavy (non-hydrogen) atoms. The van der Waals surface area contributed by atoms with E-state index in [1.54, 1.807) is 0 Å². The van der Waals surface area contributed by atoms with Crippen molar-refractivity contribution in [1.29, 1.82) is 0 Å². The van der Waals surface area contributed by atoms with Gasteiger partial charge in [-0.1, -0.05) is 0 Å². The molecule has 0 aromatic carbocycles. The molecule has 20 heteroatoms. The number of esters is 4. The Morgan fingerprint density at radius 3 is 1.33 bits per heavy atom. The molecule has 0 unspecified atom stereocenters. The average Bonchev–Trinajstić information content (AvgIpc) is 3.43. The van der Waals surface area contributed by atoms with Crippen LogP contribution in [0.4, 0.5) is 0 Å². The van der Waals surface area contributed by atoms with Gasteiger partial charge in [0.1, 0.15) is 36.3 Å². The number of ether oxygens (including phenoxy) is 2. The Hall–Kier alpha value is -2.41. The second-order valence-electron chi connectivity index (χ2n) is 5.72. The van der Waals surface area contributed by atoms with E-state index < -0.39 is 35.8 Å². The third-order valence-corrected chi connectivity index (χ3v) is 3.60. The van der Waals surface area contributed by atoms with Gasteiger partial charge in [-0.3, -0.25) is 0 Å². The van der Waals surface area contributed by atoms with E-state index in [1.807, 2.05) is 0 Å². The van der Waals surface area contributed by atoms with Gasteiger partial charge in [-0.15, -0.1) is 9.46 Å². The van der Waals surface area contributed by atoms with Gasteiger partial charge in [0.25, 0.3) is 0 Å². The summed E-state index contributed by atoms with van der Waals surface area (Å²) in [6.07, 6.45) is 6.74. The minimum absolute atomic E-state index is 0. The summed E-state index contributed by atoms with van der Waals surface area (Å²) in [4.78, 5) is 102. The van der Waals surface area contributed by atoms with Crippen LogP contribution in [0.15, 0.2) is 37.7 Å². The molecule has 18 nitrogen and oxygen atoms in total. The standard InChI is InChI=1S/C16H6N8O10.2K.2H/c25-11(31-13(27)15(29)33-23-5-21-7-1-17-3-19-9(7)23)12(26)32-14(28)16(30)34-24-6-22-8-2-18-4-20-10(8)24;;;;/h1-6H;;;;/q;2*+1;2*-1. The zero-order chi connectivity index (χ0) is 24.2. The monoisotopic (exact) mass is 550 g/mol. The van der Waals surface area contributed by atoms with E-state index in [1.165, 1.54) is 12.4 Å². The SMILES string of the molecule is O=C(OC(=O)C(=O)On1cnc2cncnc21)C(=O)OC(=O)C(=O)On1cnc2cncnc21.[H-].[H-].[K+].[K+]. The number of carbonyl (C=O) groups is 6. The molecule has 0 fully saturated rings. The molecule has 0 bridgehead atoms. The van der Waals surface area contributed by atoms with Crippen molar-refractivity contribution in [2.75, 3.05) is 0 Å². The molecule has 0 amide bonds. The van der Waals surface area contributed by atoms with E-state index in [0.717, 1.165) is 25.3 Å². The number of fused-ring (bicyclic) bond motifs is 2. The second-order valence-corrected chi connectivity index (χ2v) is 5.72. The van der Waals surface area contributed by atoms with Crippen LogP contribution in [0.1, 0.15) is 2.85 Å². The number of hydrogen-bond acceptors (Lipinski definition) is 16. The van der Waals surface area contributed by atoms with Crippen molar-refractivity contribution in [3.8, 4) is 0 Å². The number of carbonyl (C=O) groups excluding carboxylic acids is 6. The molecule has 0 atom stereocenters. The Kier molecular flexibility index (Phi) is 11.0. The van der Waals surface area contributed by atoms with Gasteiger partial charge in [0, 0.05) is 0 Å². The molecule has 0 saturated heterocycles. The van der Waals surface area contributed by atoms with Crippen molar-refractivity contribution in [2.24, 2.45) is 0 Å². The van der Waals surface area contributed by atoms with Crippen LogP contribution in [0.5, 0.6) is 0 Å². The van der Waals surface area contributed by atoms with Crippen LogP contribution in [0, 0.1) is 0 Å². The van der Waals surface area contributed by atoms with E-state index in [2.05, 4.69) is 49.1 Å². The fourth-order valence-electron chi connectivity index (χ4n) is 2.21. The van der Waals surface area contributed by atoms with Crippen molar-refractivity contribution in [1.82, 2.24) is 39.4 Å². The zero-order valence-corrected chi connectivity index (χ0v) is 24.4. The first-order valence-corrected chi connectivity index (χ1v) is 8.57. The fraction of sp³-hybridized carbons (Fsp3) is 0. The van der Waals surface area contributed by atoms with Gasteiger partial charge in [0.05, 0.1) is 12.4 Å². The summed E-state index contributed by atoms with van der Waals surface area (Å²) in [5.41, 5.74) is 0.431. The minimum Gasteiger partial charge on any atom is -1.00 e. The van der Waals surface area contributed by atoms with E-state index in [4.69, 9.17) is 0 Å². The van der Waals surface area contributed by atoms with E-state index >= 15 is 0 Å². The third kappa shape index (κ3) is 6.87. The van der Waals surface area contributed by atoms with Crippen LogP contribution in [-0.2, 0) is 38.2 Å². The molecule has 0 radical (unpaired) electrons. The summed E-state index contributed by atoms with van der Waals surface area (Å²) >= 11 is 0. The molecular formula is C16H8K2N8O10. The van der Waals surface area contributed by atoms with Gasteiger partial charge in [-0.2, -0.15) is 0 Å². The Bertz CT molecular complexity index is 1400. The van der Waals surface area contributed by atoms with Gasteiger partial charge in [-0.25, -0.2) is 58.7 Å². The molecule has 4 aromatic rings. The summed E-state index contributed by atoms with van der Waals surface area (Å²) in [6, 6.07) is 0. The summed E-state index contributed by atoms with van der Waals surface area (Å²) in [6.45, 7) is 0. The van der Waals surface area contributed by atoms with Crippen molar-refractivity contribution in [3.63, 3.8) is 0 Å². The van der Waals surface area contributed by atoms with Crippen molar-refractivity contribution in [3.05, 3.63) is 37.7 Å². The third-order valence-electron chi connectivity index (χ3n) is 3.60. The number of hydrogen-bond donors (Lipinski definition) is 0. The number of rotatable bonds is 2. The first-order valence-electron chi connectivity index (χ1n) is 8.57. The summed E-state index contributed by atoms with van der Waals surface area (Å²) in [5, 5.41) is 0. The maximum atomic E-state index is 11.8. The summed E-state index contributed by atoms with van der Waals surface area (Å²) in [7, 11) is 0. The van der Waals surface area contributed by atoms with E-state index in [9.17, 15) is 28.8 Å². The van der Waals surface area contributed by atoms with E-state index in [0.29, 0.717) is 9.46 Å². The van der Waals surface area contributed by atoms with Crippen LogP contribution in [0.2, 0.25) is 0 Å². The fourth-order valence-corrected chi connectivity index (χ4v) is 2.21. The van der Waals surface area contributed by atoms with Gasteiger partial charge < -0.3 is 22.0 Å². The molecule has 0 aliphatic rings. The summed E-state index contributed by atoms with van der Waals surface area (Å²) < 4.78 is 9.25. The quantitative estimate of drug-likeness (QED) is 0.0976. The van der Waals surface area contributed by atoms with Crippen LogP contribution >= 0.6 is 0 Å². The molecule has 0 aliphatic carbocycles. The maximum Gasteiger partial charge on any atom is 1.00 e. The largest absolute Gasteiger partial charge is 1.00 e. The van der Waals surface area contributed by atoms with Crippen LogP contribution in [0.3, 0.4) is 0 Å². The molecule has 0 saturated carbocycles. The first-order chi connectivity index (χ1) is 16.3. The van der Waals surface area contributed by atoms with Crippen molar-refractivity contribution in [2.45, 2.75) is 0 Å². The number of imidazole rings is 2. The maximum absolute atomic E-state index is 11.8. The van der Waals surface area contributed by atoms with Gasteiger partial charge in [0.2, 0.25) is 0 Å². The Balaban J connectivity index is 0.00000342.